The first-order chi connectivity index (χ1) is 10.7. The molecule has 6 heteroatoms. The molecule has 0 saturated heterocycles. The van der Waals surface area contributed by atoms with Crippen molar-refractivity contribution in [1.29, 1.82) is 0 Å². The summed E-state index contributed by atoms with van der Waals surface area (Å²) >= 11 is 0. The summed E-state index contributed by atoms with van der Waals surface area (Å²) in [5.41, 5.74) is 0. The van der Waals surface area contributed by atoms with Crippen LogP contribution in [-0.2, 0) is 17.7 Å². The molecule has 0 spiro atoms. The van der Waals surface area contributed by atoms with E-state index in [1.807, 2.05) is 0 Å². The molecule has 2 radical (unpaired) electrons. The van der Waals surface area contributed by atoms with Gasteiger partial charge in [-0.1, -0.05) is 53.4 Å². The Morgan fingerprint density at radius 1 is 0.591 bits per heavy atom. The minimum absolute atomic E-state index is 0.209. The summed E-state index contributed by atoms with van der Waals surface area (Å²) in [7, 11) is -2.44. The second-order valence-electron chi connectivity index (χ2n) is 5.47. The maximum Gasteiger partial charge on any atom is 0.502 e. The third-order valence-corrected chi connectivity index (χ3v) is 8.00. The molecule has 0 unspecified atom stereocenters. The first-order valence-electron chi connectivity index (χ1n) is 9.05. The predicted octanol–water partition coefficient (Wildman–Crippen LogP) is 4.31. The van der Waals surface area contributed by atoms with Crippen molar-refractivity contribution in [1.82, 2.24) is 0 Å². The number of hydrogen-bond acceptors (Lipinski definition) is 4. The van der Waals surface area contributed by atoms with Crippen LogP contribution in [0.2, 0.25) is 0 Å². The largest absolute Gasteiger partial charge is 0.502 e. The lowest BCUT2D eigenvalue weighted by molar-refractivity contribution is 0.0717. The Kier molecular flexibility index (Phi) is 16.3. The molecule has 0 N–H and O–H groups in total. The van der Waals surface area contributed by atoms with Gasteiger partial charge in [0.2, 0.25) is 0 Å². The van der Waals surface area contributed by atoms with Crippen molar-refractivity contribution in [3.8, 4) is 0 Å². The van der Waals surface area contributed by atoms with E-state index < -0.39 is 8.32 Å². The fourth-order valence-corrected chi connectivity index (χ4v) is 6.00. The van der Waals surface area contributed by atoms with Gasteiger partial charge in [-0.05, 0) is 25.7 Å². The highest BCUT2D eigenvalue weighted by Gasteiger charge is 2.43. The van der Waals surface area contributed by atoms with Crippen LogP contribution in [0.25, 0.3) is 0 Å². The van der Waals surface area contributed by atoms with Crippen molar-refractivity contribution in [2.75, 3.05) is 26.4 Å². The van der Waals surface area contributed by atoms with Gasteiger partial charge in [0.05, 0.1) is 0 Å². The third kappa shape index (κ3) is 11.8. The maximum atomic E-state index is 6.13. The SMILES string of the molecule is CCCCO[Si][Si](OCCCC)(OCCCC)OCCCC. The fourth-order valence-electron chi connectivity index (χ4n) is 1.62. The monoisotopic (exact) mass is 348 g/mol. The van der Waals surface area contributed by atoms with Gasteiger partial charge in [0.25, 0.3) is 0 Å². The van der Waals surface area contributed by atoms with Crippen LogP contribution < -0.4 is 0 Å². The van der Waals surface area contributed by atoms with E-state index in [0.717, 1.165) is 58.0 Å². The summed E-state index contributed by atoms with van der Waals surface area (Å²) < 4.78 is 24.2. The topological polar surface area (TPSA) is 36.9 Å². The van der Waals surface area contributed by atoms with Crippen LogP contribution in [0.15, 0.2) is 0 Å². The van der Waals surface area contributed by atoms with Crippen molar-refractivity contribution in [3.63, 3.8) is 0 Å². The predicted molar refractivity (Wildman–Crippen MR) is 94.9 cm³/mol. The lowest BCUT2D eigenvalue weighted by Crippen LogP contribution is -2.54. The molecule has 0 aliphatic heterocycles. The third-order valence-electron chi connectivity index (χ3n) is 3.17. The van der Waals surface area contributed by atoms with Gasteiger partial charge in [-0.15, -0.1) is 0 Å². The van der Waals surface area contributed by atoms with Gasteiger partial charge in [-0.3, -0.25) is 0 Å². The van der Waals surface area contributed by atoms with Gasteiger partial charge in [0, 0.05) is 26.4 Å². The molecule has 22 heavy (non-hydrogen) atoms. The lowest BCUT2D eigenvalue weighted by Gasteiger charge is -2.29. The van der Waals surface area contributed by atoms with E-state index in [0.29, 0.717) is 19.8 Å². The summed E-state index contributed by atoms with van der Waals surface area (Å²) in [5, 5.41) is 0. The maximum absolute atomic E-state index is 6.13. The van der Waals surface area contributed by atoms with Gasteiger partial charge < -0.3 is 17.7 Å². The van der Waals surface area contributed by atoms with Crippen LogP contribution in [-0.4, -0.2) is 44.0 Å². The summed E-state index contributed by atoms with van der Waals surface area (Å²) in [5.74, 6) is 0. The quantitative estimate of drug-likeness (QED) is 0.290. The lowest BCUT2D eigenvalue weighted by atomic mass is 10.4. The van der Waals surface area contributed by atoms with Crippen molar-refractivity contribution in [3.05, 3.63) is 0 Å². The Morgan fingerprint density at radius 3 is 1.32 bits per heavy atom. The molecular weight excluding hydrogens is 312 g/mol. The Morgan fingerprint density at radius 2 is 0.955 bits per heavy atom. The van der Waals surface area contributed by atoms with E-state index in [1.165, 1.54) is 0 Å². The first-order valence-corrected chi connectivity index (χ1v) is 12.7. The molecule has 0 bridgehead atoms. The van der Waals surface area contributed by atoms with Crippen LogP contribution in [0.4, 0.5) is 0 Å². The summed E-state index contributed by atoms with van der Waals surface area (Å²) in [6, 6.07) is 0. The van der Waals surface area contributed by atoms with Crippen LogP contribution in [0, 0.1) is 0 Å². The van der Waals surface area contributed by atoms with E-state index in [-0.39, 0.29) is 9.28 Å². The molecule has 0 aromatic rings. The van der Waals surface area contributed by atoms with E-state index in [9.17, 15) is 0 Å². The molecule has 0 amide bonds. The van der Waals surface area contributed by atoms with E-state index in [2.05, 4.69) is 27.7 Å². The standard InChI is InChI=1S/C16H36O4Si2/c1-5-9-13-17-21-22(18-14-10-6-2,19-15-11-7-3)20-16-12-8-4/h5-16H2,1-4H3. The van der Waals surface area contributed by atoms with Crippen molar-refractivity contribution in [2.45, 2.75) is 79.1 Å². The van der Waals surface area contributed by atoms with Crippen LogP contribution in [0.3, 0.4) is 0 Å². The molecule has 0 saturated carbocycles. The van der Waals surface area contributed by atoms with Crippen LogP contribution in [0.1, 0.15) is 79.1 Å². The fraction of sp³-hybridized carbons (Fsp3) is 1.00. The molecule has 0 aromatic carbocycles. The minimum Gasteiger partial charge on any atom is -0.414 e. The van der Waals surface area contributed by atoms with Gasteiger partial charge in [-0.2, -0.15) is 0 Å². The number of rotatable bonds is 17. The zero-order valence-electron chi connectivity index (χ0n) is 15.1. The molecule has 0 heterocycles. The minimum atomic E-state index is -2.65. The van der Waals surface area contributed by atoms with Gasteiger partial charge in [0.1, 0.15) is 0 Å². The molecule has 0 fully saturated rings. The van der Waals surface area contributed by atoms with E-state index in [1.54, 1.807) is 0 Å². The number of hydrogen-bond donors (Lipinski definition) is 0. The second-order valence-corrected chi connectivity index (χ2v) is 10.4. The summed E-state index contributed by atoms with van der Waals surface area (Å²) in [6.07, 6.45) is 8.71. The molecule has 0 aliphatic rings. The molecule has 4 nitrogen and oxygen atoms in total. The zero-order chi connectivity index (χ0) is 16.5. The molecule has 0 atom stereocenters. The highest BCUT2D eigenvalue weighted by atomic mass is 29.2. The highest BCUT2D eigenvalue weighted by molar-refractivity contribution is 7.12. The average molecular weight is 349 g/mol. The van der Waals surface area contributed by atoms with Crippen molar-refractivity contribution >= 4 is 17.6 Å². The zero-order valence-corrected chi connectivity index (χ0v) is 17.1. The molecular formula is C16H36O4Si2. The van der Waals surface area contributed by atoms with Crippen LogP contribution in [0.5, 0.6) is 0 Å². The smallest absolute Gasteiger partial charge is 0.414 e. The molecule has 0 rings (SSSR count). The van der Waals surface area contributed by atoms with Crippen molar-refractivity contribution < 1.29 is 17.7 Å². The Hall–Kier alpha value is 0.274. The van der Waals surface area contributed by atoms with Gasteiger partial charge >= 0.3 is 17.6 Å². The summed E-state index contributed by atoms with van der Waals surface area (Å²) in [4.78, 5) is 0. The molecule has 132 valence electrons. The second kappa shape index (κ2) is 16.1. The van der Waals surface area contributed by atoms with Crippen molar-refractivity contribution in [2.24, 2.45) is 0 Å². The average Bonchev–Trinajstić information content (AvgIpc) is 2.52. The van der Waals surface area contributed by atoms with Crippen LogP contribution >= 0.6 is 0 Å². The molecule has 0 aliphatic carbocycles. The molecule has 0 aromatic heterocycles. The van der Waals surface area contributed by atoms with E-state index in [4.69, 9.17) is 17.7 Å². The van der Waals surface area contributed by atoms with Gasteiger partial charge in [0.15, 0.2) is 0 Å². The number of unbranched alkanes of at least 4 members (excludes halogenated alkanes) is 4. The highest BCUT2D eigenvalue weighted by Crippen LogP contribution is 2.13. The Bertz CT molecular complexity index is 204. The Balaban J connectivity index is 4.53. The van der Waals surface area contributed by atoms with Gasteiger partial charge in [-0.25, -0.2) is 0 Å². The normalized spacial score (nSPS) is 12.0. The first kappa shape index (κ1) is 22.3. The van der Waals surface area contributed by atoms with E-state index >= 15 is 0 Å². The summed E-state index contributed by atoms with van der Waals surface area (Å²) in [6.45, 7) is 11.6. The Labute approximate surface area is 141 Å².